The Morgan fingerprint density at radius 3 is 1.81 bits per heavy atom. The molecule has 1 heterocycles. The van der Waals surface area contributed by atoms with E-state index in [9.17, 15) is 9.59 Å². The lowest BCUT2D eigenvalue weighted by Gasteiger charge is -2.40. The zero-order valence-corrected chi connectivity index (χ0v) is 20.2. The van der Waals surface area contributed by atoms with Crippen LogP contribution in [0.15, 0.2) is 91.0 Å². The number of hydrogen-bond acceptors (Lipinski definition) is 6. The van der Waals surface area contributed by atoms with Gasteiger partial charge in [-0.25, -0.2) is 0 Å². The molecule has 0 aromatic heterocycles. The summed E-state index contributed by atoms with van der Waals surface area (Å²) in [5, 5.41) is 2.81. The number of rotatable bonds is 11. The third-order valence-corrected chi connectivity index (χ3v) is 5.80. The first kappa shape index (κ1) is 25.7. The number of ether oxygens (including phenoxy) is 4. The Morgan fingerprint density at radius 1 is 0.778 bits per heavy atom. The number of nitrogens with one attached hydrogen (secondary N) is 1. The topological polar surface area (TPSA) is 83.1 Å². The largest absolute Gasteiger partial charge is 0.374 e. The van der Waals surface area contributed by atoms with Gasteiger partial charge in [-0.3, -0.25) is 9.59 Å². The van der Waals surface area contributed by atoms with Gasteiger partial charge in [0.05, 0.1) is 26.4 Å². The van der Waals surface area contributed by atoms with Gasteiger partial charge in [-0.1, -0.05) is 91.0 Å². The molecule has 3 aromatic rings. The first-order valence-electron chi connectivity index (χ1n) is 12.0. The molecule has 1 amide bonds. The Balaban J connectivity index is 1.50. The van der Waals surface area contributed by atoms with E-state index >= 15 is 0 Å². The fraction of sp³-hybridized carbons (Fsp3) is 0.310. The van der Waals surface area contributed by atoms with Gasteiger partial charge in [0.1, 0.15) is 18.2 Å². The van der Waals surface area contributed by atoms with E-state index in [-0.39, 0.29) is 31.5 Å². The molecule has 36 heavy (non-hydrogen) atoms. The van der Waals surface area contributed by atoms with Crippen molar-refractivity contribution in [2.45, 2.75) is 51.3 Å². The van der Waals surface area contributed by atoms with Crippen molar-refractivity contribution in [3.8, 4) is 0 Å². The first-order valence-corrected chi connectivity index (χ1v) is 12.0. The summed E-state index contributed by atoms with van der Waals surface area (Å²) in [7, 11) is 0. The van der Waals surface area contributed by atoms with Gasteiger partial charge in [0.2, 0.25) is 5.91 Å². The van der Waals surface area contributed by atoms with Gasteiger partial charge in [-0.05, 0) is 16.7 Å². The second-order valence-electron chi connectivity index (χ2n) is 8.64. The van der Waals surface area contributed by atoms with Gasteiger partial charge in [0.15, 0.2) is 12.1 Å². The van der Waals surface area contributed by atoms with E-state index in [0.29, 0.717) is 6.61 Å². The van der Waals surface area contributed by atoms with E-state index in [0.717, 1.165) is 16.7 Å². The van der Waals surface area contributed by atoms with Crippen molar-refractivity contribution in [1.29, 1.82) is 0 Å². The monoisotopic (exact) mass is 489 g/mol. The van der Waals surface area contributed by atoms with Gasteiger partial charge in [-0.15, -0.1) is 0 Å². The highest BCUT2D eigenvalue weighted by Gasteiger charge is 2.47. The SMILES string of the molecule is CC(=O)N[C@H]1[C@@H](OCc2ccccc2)O[C@H](COCc2ccccc2)C(=O)[C@@H]1OCc1ccccc1. The zero-order valence-electron chi connectivity index (χ0n) is 20.2. The maximum absolute atomic E-state index is 13.5. The summed E-state index contributed by atoms with van der Waals surface area (Å²) in [5.41, 5.74) is 2.85. The zero-order chi connectivity index (χ0) is 25.2. The molecule has 1 N–H and O–H groups in total. The molecule has 0 saturated carbocycles. The molecular weight excluding hydrogens is 458 g/mol. The van der Waals surface area contributed by atoms with Crippen LogP contribution in [0, 0.1) is 0 Å². The smallest absolute Gasteiger partial charge is 0.217 e. The molecule has 3 aromatic carbocycles. The molecule has 0 radical (unpaired) electrons. The minimum atomic E-state index is -0.964. The summed E-state index contributed by atoms with van der Waals surface area (Å²) >= 11 is 0. The van der Waals surface area contributed by atoms with Crippen molar-refractivity contribution in [2.75, 3.05) is 6.61 Å². The lowest BCUT2D eigenvalue weighted by Crippen LogP contribution is -2.63. The summed E-state index contributed by atoms with van der Waals surface area (Å²) in [6.45, 7) is 2.22. The lowest BCUT2D eigenvalue weighted by atomic mass is 9.98. The first-order chi connectivity index (χ1) is 17.6. The average molecular weight is 490 g/mol. The van der Waals surface area contributed by atoms with Crippen molar-refractivity contribution < 1.29 is 28.5 Å². The van der Waals surface area contributed by atoms with Crippen LogP contribution in [0.4, 0.5) is 0 Å². The van der Waals surface area contributed by atoms with Crippen LogP contribution in [-0.2, 0) is 48.4 Å². The molecule has 7 heteroatoms. The fourth-order valence-corrected chi connectivity index (χ4v) is 4.02. The summed E-state index contributed by atoms with van der Waals surface area (Å²) in [6.07, 6.45) is -2.77. The molecule has 0 unspecified atom stereocenters. The Morgan fingerprint density at radius 2 is 1.28 bits per heavy atom. The predicted octanol–water partition coefficient (Wildman–Crippen LogP) is 3.80. The standard InChI is InChI=1S/C29H31NO6/c1-21(31)30-26-28(34-18-23-13-7-3-8-14-23)27(32)25(20-33-17-22-11-5-2-6-12-22)36-29(26)35-19-24-15-9-4-10-16-24/h2-16,25-26,28-29H,17-20H2,1H3,(H,30,31)/t25-,26-,28-,29+/m1/s1. The minimum absolute atomic E-state index is 0.0386. The van der Waals surface area contributed by atoms with Crippen molar-refractivity contribution in [3.05, 3.63) is 108 Å². The summed E-state index contributed by atoms with van der Waals surface area (Å²) < 4.78 is 24.1. The summed E-state index contributed by atoms with van der Waals surface area (Å²) in [4.78, 5) is 25.5. The van der Waals surface area contributed by atoms with E-state index in [2.05, 4.69) is 5.32 Å². The Bertz CT molecular complexity index is 1090. The van der Waals surface area contributed by atoms with Crippen LogP contribution in [0.1, 0.15) is 23.6 Å². The number of carbonyl (C=O) groups is 2. The molecule has 1 fully saturated rings. The van der Waals surface area contributed by atoms with Crippen LogP contribution in [0.3, 0.4) is 0 Å². The number of benzene rings is 3. The lowest BCUT2D eigenvalue weighted by molar-refractivity contribution is -0.239. The summed E-state index contributed by atoms with van der Waals surface area (Å²) in [5.74, 6) is -0.603. The van der Waals surface area contributed by atoms with Crippen molar-refractivity contribution in [1.82, 2.24) is 5.32 Å². The van der Waals surface area contributed by atoms with Crippen LogP contribution < -0.4 is 5.32 Å². The van der Waals surface area contributed by atoms with Crippen molar-refractivity contribution in [2.24, 2.45) is 0 Å². The van der Waals surface area contributed by atoms with E-state index in [1.165, 1.54) is 6.92 Å². The normalized spacial score (nSPS) is 21.8. The number of carbonyl (C=O) groups excluding carboxylic acids is 2. The van der Waals surface area contributed by atoms with Crippen LogP contribution in [-0.4, -0.2) is 42.8 Å². The third-order valence-electron chi connectivity index (χ3n) is 5.80. The molecule has 0 bridgehead atoms. The minimum Gasteiger partial charge on any atom is -0.374 e. The highest BCUT2D eigenvalue weighted by atomic mass is 16.7. The fourth-order valence-electron chi connectivity index (χ4n) is 4.02. The van der Waals surface area contributed by atoms with E-state index in [1.54, 1.807) is 0 Å². The van der Waals surface area contributed by atoms with Crippen LogP contribution >= 0.6 is 0 Å². The molecule has 0 aliphatic carbocycles. The predicted molar refractivity (Wildman–Crippen MR) is 134 cm³/mol. The second kappa shape index (κ2) is 13.1. The third kappa shape index (κ3) is 7.32. The van der Waals surface area contributed by atoms with Crippen LogP contribution in [0.25, 0.3) is 0 Å². The highest BCUT2D eigenvalue weighted by molar-refractivity contribution is 5.90. The van der Waals surface area contributed by atoms with E-state index in [4.69, 9.17) is 18.9 Å². The molecule has 4 rings (SSSR count). The van der Waals surface area contributed by atoms with E-state index in [1.807, 2.05) is 91.0 Å². The summed E-state index contributed by atoms with van der Waals surface area (Å²) in [6, 6.07) is 28.1. The van der Waals surface area contributed by atoms with Crippen LogP contribution in [0.5, 0.6) is 0 Å². The highest BCUT2D eigenvalue weighted by Crippen LogP contribution is 2.24. The Labute approximate surface area is 211 Å². The second-order valence-corrected chi connectivity index (χ2v) is 8.64. The van der Waals surface area contributed by atoms with Crippen molar-refractivity contribution >= 4 is 11.7 Å². The van der Waals surface area contributed by atoms with Gasteiger partial charge in [-0.2, -0.15) is 0 Å². The molecule has 4 atom stereocenters. The Kier molecular flexibility index (Phi) is 9.35. The maximum Gasteiger partial charge on any atom is 0.217 e. The molecule has 0 spiro atoms. The van der Waals surface area contributed by atoms with Gasteiger partial charge >= 0.3 is 0 Å². The van der Waals surface area contributed by atoms with Gasteiger partial charge < -0.3 is 24.3 Å². The molecular formula is C29H31NO6. The maximum atomic E-state index is 13.5. The number of hydrogen-bond donors (Lipinski definition) is 1. The molecule has 1 aliphatic heterocycles. The number of Topliss-reactive ketones (excluding diaryl/α,β-unsaturated/α-hetero) is 1. The number of ketones is 1. The van der Waals surface area contributed by atoms with E-state index < -0.39 is 24.5 Å². The van der Waals surface area contributed by atoms with Crippen LogP contribution in [0.2, 0.25) is 0 Å². The molecule has 1 saturated heterocycles. The van der Waals surface area contributed by atoms with Gasteiger partial charge in [0.25, 0.3) is 0 Å². The Hall–Kier alpha value is -3.36. The number of amides is 1. The molecule has 1 aliphatic rings. The molecule has 188 valence electrons. The quantitative estimate of drug-likeness (QED) is 0.441. The van der Waals surface area contributed by atoms with Gasteiger partial charge in [0, 0.05) is 6.92 Å². The van der Waals surface area contributed by atoms with Crippen molar-refractivity contribution in [3.63, 3.8) is 0 Å². The molecule has 7 nitrogen and oxygen atoms in total. The average Bonchev–Trinajstić information content (AvgIpc) is 2.90.